The molecule has 2 N–H and O–H groups in total. The number of piperidine rings is 1. The average Bonchev–Trinajstić information content (AvgIpc) is 2.28. The van der Waals surface area contributed by atoms with Crippen LogP contribution in [0.2, 0.25) is 0 Å². The maximum atomic E-state index is 12.3. The van der Waals surface area contributed by atoms with E-state index in [1.807, 2.05) is 4.90 Å². The minimum absolute atomic E-state index is 0.00306. The smallest absolute Gasteiger partial charge is 0.272 e. The third kappa shape index (κ3) is 2.57. The first-order chi connectivity index (χ1) is 8.08. The number of hydrogen-bond donors (Lipinski definition) is 1. The SMILES string of the molecule is C[C@H]1CCN(C(=O)c2cccc(N)n2)[C@@H](C)C1. The summed E-state index contributed by atoms with van der Waals surface area (Å²) in [5.41, 5.74) is 6.05. The Labute approximate surface area is 102 Å². The van der Waals surface area contributed by atoms with Crippen molar-refractivity contribution in [2.24, 2.45) is 5.92 Å². The van der Waals surface area contributed by atoms with Crippen LogP contribution in [0.25, 0.3) is 0 Å². The summed E-state index contributed by atoms with van der Waals surface area (Å²) in [6.07, 6.45) is 2.13. The van der Waals surface area contributed by atoms with Crippen LogP contribution in [0.5, 0.6) is 0 Å². The van der Waals surface area contributed by atoms with E-state index in [1.165, 1.54) is 0 Å². The third-order valence-corrected chi connectivity index (χ3v) is 3.39. The van der Waals surface area contributed by atoms with Gasteiger partial charge in [0.25, 0.3) is 5.91 Å². The molecule has 1 aliphatic rings. The summed E-state index contributed by atoms with van der Waals surface area (Å²) in [4.78, 5) is 18.3. The zero-order valence-electron chi connectivity index (χ0n) is 10.4. The van der Waals surface area contributed by atoms with Gasteiger partial charge in [-0.2, -0.15) is 0 Å². The lowest BCUT2D eigenvalue weighted by Crippen LogP contribution is -2.44. The normalized spacial score (nSPS) is 24.7. The standard InChI is InChI=1S/C13H19N3O/c1-9-6-7-16(10(2)8-9)13(17)11-4-3-5-12(14)15-11/h3-5,9-10H,6-8H2,1-2H3,(H2,14,15)/t9-,10-/m0/s1. The molecule has 1 aliphatic heterocycles. The molecule has 1 aromatic heterocycles. The highest BCUT2D eigenvalue weighted by Gasteiger charge is 2.27. The van der Waals surface area contributed by atoms with Gasteiger partial charge < -0.3 is 10.6 Å². The van der Waals surface area contributed by atoms with Gasteiger partial charge in [0.15, 0.2) is 0 Å². The Morgan fingerprint density at radius 2 is 2.24 bits per heavy atom. The fraction of sp³-hybridized carbons (Fsp3) is 0.538. The zero-order chi connectivity index (χ0) is 12.4. The van der Waals surface area contributed by atoms with E-state index in [0.29, 0.717) is 17.4 Å². The Hall–Kier alpha value is -1.58. The topological polar surface area (TPSA) is 59.2 Å². The van der Waals surface area contributed by atoms with Crippen LogP contribution in [-0.2, 0) is 0 Å². The van der Waals surface area contributed by atoms with E-state index in [0.717, 1.165) is 19.4 Å². The van der Waals surface area contributed by atoms with Crippen molar-refractivity contribution in [1.29, 1.82) is 0 Å². The lowest BCUT2D eigenvalue weighted by atomic mass is 9.93. The number of carbonyl (C=O) groups excluding carboxylic acids is 1. The van der Waals surface area contributed by atoms with Gasteiger partial charge in [-0.25, -0.2) is 4.98 Å². The lowest BCUT2D eigenvalue weighted by Gasteiger charge is -2.36. The van der Waals surface area contributed by atoms with Crippen molar-refractivity contribution in [3.05, 3.63) is 23.9 Å². The number of amides is 1. The minimum Gasteiger partial charge on any atom is -0.384 e. The quantitative estimate of drug-likeness (QED) is 0.806. The average molecular weight is 233 g/mol. The Balaban J connectivity index is 2.15. The molecule has 0 aliphatic carbocycles. The molecule has 2 rings (SSSR count). The van der Waals surface area contributed by atoms with E-state index in [4.69, 9.17) is 5.73 Å². The molecule has 1 amide bonds. The third-order valence-electron chi connectivity index (χ3n) is 3.39. The molecule has 0 spiro atoms. The number of anilines is 1. The van der Waals surface area contributed by atoms with E-state index in [-0.39, 0.29) is 11.9 Å². The van der Waals surface area contributed by atoms with Crippen molar-refractivity contribution in [2.75, 3.05) is 12.3 Å². The van der Waals surface area contributed by atoms with Crippen LogP contribution in [0, 0.1) is 5.92 Å². The summed E-state index contributed by atoms with van der Waals surface area (Å²) >= 11 is 0. The molecule has 2 atom stereocenters. The Morgan fingerprint density at radius 1 is 1.47 bits per heavy atom. The van der Waals surface area contributed by atoms with Gasteiger partial charge in [0.1, 0.15) is 11.5 Å². The summed E-state index contributed by atoms with van der Waals surface area (Å²) in [6, 6.07) is 5.48. The number of carbonyl (C=O) groups is 1. The van der Waals surface area contributed by atoms with E-state index in [9.17, 15) is 4.79 Å². The Bertz CT molecular complexity index is 419. The molecule has 1 saturated heterocycles. The molecule has 17 heavy (non-hydrogen) atoms. The van der Waals surface area contributed by atoms with Gasteiger partial charge in [0.05, 0.1) is 0 Å². The molecule has 92 valence electrons. The summed E-state index contributed by atoms with van der Waals surface area (Å²) in [7, 11) is 0. The highest BCUT2D eigenvalue weighted by molar-refractivity contribution is 5.92. The molecule has 0 saturated carbocycles. The van der Waals surface area contributed by atoms with E-state index >= 15 is 0 Å². The van der Waals surface area contributed by atoms with Crippen molar-refractivity contribution in [1.82, 2.24) is 9.88 Å². The molecule has 0 aromatic carbocycles. The Morgan fingerprint density at radius 3 is 2.88 bits per heavy atom. The van der Waals surface area contributed by atoms with Crippen LogP contribution in [-0.4, -0.2) is 28.4 Å². The van der Waals surface area contributed by atoms with Crippen LogP contribution in [0.3, 0.4) is 0 Å². The molecule has 2 heterocycles. The van der Waals surface area contributed by atoms with Gasteiger partial charge in [-0.1, -0.05) is 13.0 Å². The molecular weight excluding hydrogens is 214 g/mol. The molecule has 1 fully saturated rings. The van der Waals surface area contributed by atoms with Crippen LogP contribution < -0.4 is 5.73 Å². The minimum atomic E-state index is -0.00306. The lowest BCUT2D eigenvalue weighted by molar-refractivity contribution is 0.0583. The summed E-state index contributed by atoms with van der Waals surface area (Å²) < 4.78 is 0. The van der Waals surface area contributed by atoms with Crippen LogP contribution in [0.1, 0.15) is 37.2 Å². The summed E-state index contributed by atoms with van der Waals surface area (Å²) in [5, 5.41) is 0. The highest BCUT2D eigenvalue weighted by atomic mass is 16.2. The molecule has 0 radical (unpaired) electrons. The number of aromatic nitrogens is 1. The molecule has 0 bridgehead atoms. The van der Waals surface area contributed by atoms with Gasteiger partial charge in [-0.3, -0.25) is 4.79 Å². The summed E-state index contributed by atoms with van der Waals surface area (Å²) in [6.45, 7) is 5.15. The molecule has 4 heteroatoms. The number of nitrogen functional groups attached to an aromatic ring is 1. The van der Waals surface area contributed by atoms with Gasteiger partial charge in [-0.05, 0) is 37.8 Å². The van der Waals surface area contributed by atoms with Crippen molar-refractivity contribution in [2.45, 2.75) is 32.7 Å². The predicted molar refractivity (Wildman–Crippen MR) is 67.5 cm³/mol. The van der Waals surface area contributed by atoms with E-state index in [1.54, 1.807) is 18.2 Å². The van der Waals surface area contributed by atoms with Crippen LogP contribution >= 0.6 is 0 Å². The zero-order valence-corrected chi connectivity index (χ0v) is 10.4. The van der Waals surface area contributed by atoms with Gasteiger partial charge in [-0.15, -0.1) is 0 Å². The first kappa shape index (κ1) is 11.9. The number of nitrogens with two attached hydrogens (primary N) is 1. The van der Waals surface area contributed by atoms with Crippen molar-refractivity contribution in [3.8, 4) is 0 Å². The fourth-order valence-corrected chi connectivity index (χ4v) is 2.43. The van der Waals surface area contributed by atoms with Crippen molar-refractivity contribution in [3.63, 3.8) is 0 Å². The fourth-order valence-electron chi connectivity index (χ4n) is 2.43. The second-order valence-electron chi connectivity index (χ2n) is 4.92. The summed E-state index contributed by atoms with van der Waals surface area (Å²) in [5.74, 6) is 1.09. The maximum Gasteiger partial charge on any atom is 0.272 e. The van der Waals surface area contributed by atoms with Crippen LogP contribution in [0.4, 0.5) is 5.82 Å². The molecular formula is C13H19N3O. The van der Waals surface area contributed by atoms with Crippen molar-refractivity contribution < 1.29 is 4.79 Å². The van der Waals surface area contributed by atoms with E-state index in [2.05, 4.69) is 18.8 Å². The van der Waals surface area contributed by atoms with Gasteiger partial charge >= 0.3 is 0 Å². The maximum absolute atomic E-state index is 12.3. The number of nitrogens with zero attached hydrogens (tertiary/aromatic N) is 2. The second-order valence-corrected chi connectivity index (χ2v) is 4.92. The first-order valence-electron chi connectivity index (χ1n) is 6.11. The second kappa shape index (κ2) is 4.73. The number of rotatable bonds is 1. The Kier molecular flexibility index (Phi) is 3.31. The monoisotopic (exact) mass is 233 g/mol. The van der Waals surface area contributed by atoms with Gasteiger partial charge in [0.2, 0.25) is 0 Å². The largest absolute Gasteiger partial charge is 0.384 e. The first-order valence-corrected chi connectivity index (χ1v) is 6.11. The van der Waals surface area contributed by atoms with E-state index < -0.39 is 0 Å². The molecule has 1 aromatic rings. The number of likely N-dealkylation sites (tertiary alicyclic amines) is 1. The highest BCUT2D eigenvalue weighted by Crippen LogP contribution is 2.23. The number of hydrogen-bond acceptors (Lipinski definition) is 3. The molecule has 4 nitrogen and oxygen atoms in total. The van der Waals surface area contributed by atoms with Crippen molar-refractivity contribution >= 4 is 11.7 Å². The van der Waals surface area contributed by atoms with Gasteiger partial charge in [0, 0.05) is 12.6 Å². The van der Waals surface area contributed by atoms with Crippen LogP contribution in [0.15, 0.2) is 18.2 Å². The molecule has 0 unspecified atom stereocenters. The number of pyridine rings is 1. The predicted octanol–water partition coefficient (Wildman–Crippen LogP) is 1.92.